The Morgan fingerprint density at radius 1 is 1.17 bits per heavy atom. The summed E-state index contributed by atoms with van der Waals surface area (Å²) in [6.07, 6.45) is 1.85. The number of hydrogen-bond donors (Lipinski definition) is 2. The molecule has 1 atom stereocenters. The summed E-state index contributed by atoms with van der Waals surface area (Å²) in [6.45, 7) is 1.63. The molecule has 3 amide bonds. The highest BCUT2D eigenvalue weighted by molar-refractivity contribution is 6.07. The lowest BCUT2D eigenvalue weighted by molar-refractivity contribution is -0.135. The topological polar surface area (TPSA) is 123 Å². The second-order valence-electron chi connectivity index (χ2n) is 6.67. The Morgan fingerprint density at radius 2 is 2.00 bits per heavy atom. The van der Waals surface area contributed by atoms with Crippen molar-refractivity contribution in [1.29, 1.82) is 0 Å². The number of amides is 3. The third kappa shape index (κ3) is 3.38. The fraction of sp³-hybridized carbons (Fsp3) is 0.200. The Morgan fingerprint density at radius 3 is 2.72 bits per heavy atom. The Bertz CT molecular complexity index is 1200. The van der Waals surface area contributed by atoms with Crippen LogP contribution in [0, 0.1) is 6.92 Å². The average molecular weight is 391 g/mol. The average Bonchev–Trinajstić information content (AvgIpc) is 2.70. The molecule has 3 aromatic rings. The number of anilines is 1. The van der Waals surface area contributed by atoms with Gasteiger partial charge in [-0.3, -0.25) is 34.0 Å². The lowest BCUT2D eigenvalue weighted by Gasteiger charge is -2.24. The van der Waals surface area contributed by atoms with Gasteiger partial charge in [0.15, 0.2) is 0 Å². The van der Waals surface area contributed by atoms with E-state index < -0.39 is 23.4 Å². The molecule has 3 heterocycles. The van der Waals surface area contributed by atoms with Gasteiger partial charge in [0.25, 0.3) is 11.5 Å². The van der Waals surface area contributed by atoms with Gasteiger partial charge in [-0.05, 0) is 37.6 Å². The van der Waals surface area contributed by atoms with E-state index >= 15 is 0 Å². The highest BCUT2D eigenvalue weighted by atomic mass is 16.2. The first-order valence-corrected chi connectivity index (χ1v) is 9.03. The number of nitrogens with zero attached hydrogens (tertiary/aromatic N) is 3. The zero-order chi connectivity index (χ0) is 20.5. The van der Waals surface area contributed by atoms with Crippen LogP contribution in [0.3, 0.4) is 0 Å². The van der Waals surface area contributed by atoms with Crippen LogP contribution < -0.4 is 16.2 Å². The summed E-state index contributed by atoms with van der Waals surface area (Å²) in [5.74, 6) is -1.02. The van der Waals surface area contributed by atoms with E-state index in [-0.39, 0.29) is 35.5 Å². The number of rotatable bonds is 3. The van der Waals surface area contributed by atoms with E-state index in [2.05, 4.69) is 20.6 Å². The SMILES string of the molecule is Cc1nc2cccc(NC(=O)c3ccccn3)c2c(=O)n1C1CCC(=O)NC1=O. The largest absolute Gasteiger partial charge is 0.320 e. The Kier molecular flexibility index (Phi) is 4.63. The van der Waals surface area contributed by atoms with Gasteiger partial charge in [0.05, 0.1) is 16.6 Å². The first-order valence-electron chi connectivity index (χ1n) is 9.03. The molecule has 0 spiro atoms. The van der Waals surface area contributed by atoms with Gasteiger partial charge in [0.1, 0.15) is 17.6 Å². The van der Waals surface area contributed by atoms with Crippen LogP contribution in [0.4, 0.5) is 5.69 Å². The predicted octanol–water partition coefficient (Wildman–Crippen LogP) is 1.33. The zero-order valence-corrected chi connectivity index (χ0v) is 15.5. The minimum absolute atomic E-state index is 0.137. The van der Waals surface area contributed by atoms with Gasteiger partial charge in [-0.25, -0.2) is 4.98 Å². The van der Waals surface area contributed by atoms with Gasteiger partial charge in [0, 0.05) is 12.6 Å². The van der Waals surface area contributed by atoms with Crippen LogP contribution in [0.5, 0.6) is 0 Å². The highest BCUT2D eigenvalue weighted by Crippen LogP contribution is 2.23. The van der Waals surface area contributed by atoms with E-state index in [1.807, 2.05) is 0 Å². The van der Waals surface area contributed by atoms with E-state index in [1.165, 1.54) is 10.8 Å². The van der Waals surface area contributed by atoms with E-state index in [9.17, 15) is 19.2 Å². The van der Waals surface area contributed by atoms with Crippen molar-refractivity contribution in [3.8, 4) is 0 Å². The molecule has 1 unspecified atom stereocenters. The number of fused-ring (bicyclic) bond motifs is 1. The highest BCUT2D eigenvalue weighted by Gasteiger charge is 2.30. The lowest BCUT2D eigenvalue weighted by Crippen LogP contribution is -2.45. The predicted molar refractivity (Wildman–Crippen MR) is 104 cm³/mol. The van der Waals surface area contributed by atoms with E-state index in [4.69, 9.17) is 0 Å². The van der Waals surface area contributed by atoms with Crippen molar-refractivity contribution < 1.29 is 14.4 Å². The number of nitrogens with one attached hydrogen (secondary N) is 2. The van der Waals surface area contributed by atoms with Crippen LogP contribution >= 0.6 is 0 Å². The molecule has 0 bridgehead atoms. The minimum Gasteiger partial charge on any atom is -0.320 e. The van der Waals surface area contributed by atoms with Crippen LogP contribution in [-0.2, 0) is 9.59 Å². The maximum Gasteiger partial charge on any atom is 0.274 e. The van der Waals surface area contributed by atoms with Crippen molar-refractivity contribution >= 4 is 34.3 Å². The van der Waals surface area contributed by atoms with E-state index in [0.29, 0.717) is 11.3 Å². The molecule has 2 aromatic heterocycles. The van der Waals surface area contributed by atoms with Crippen LogP contribution in [0.2, 0.25) is 0 Å². The molecule has 1 aliphatic rings. The van der Waals surface area contributed by atoms with Crippen molar-refractivity contribution in [2.45, 2.75) is 25.8 Å². The van der Waals surface area contributed by atoms with Crippen molar-refractivity contribution in [2.75, 3.05) is 5.32 Å². The molecule has 0 saturated carbocycles. The first-order chi connectivity index (χ1) is 14.0. The summed E-state index contributed by atoms with van der Waals surface area (Å²) in [7, 11) is 0. The third-order valence-electron chi connectivity index (χ3n) is 4.77. The smallest absolute Gasteiger partial charge is 0.274 e. The number of piperidine rings is 1. The molecule has 1 aliphatic heterocycles. The Labute approximate surface area is 164 Å². The van der Waals surface area contributed by atoms with Gasteiger partial charge in [-0.2, -0.15) is 0 Å². The molecule has 0 radical (unpaired) electrons. The normalized spacial score (nSPS) is 16.5. The number of pyridine rings is 1. The fourth-order valence-electron chi connectivity index (χ4n) is 3.44. The monoisotopic (exact) mass is 391 g/mol. The van der Waals surface area contributed by atoms with Crippen molar-refractivity contribution in [3.63, 3.8) is 0 Å². The summed E-state index contributed by atoms with van der Waals surface area (Å²) in [5, 5.41) is 5.14. The van der Waals surface area contributed by atoms with Gasteiger partial charge in [0.2, 0.25) is 11.8 Å². The Hall–Kier alpha value is -3.88. The molecule has 29 heavy (non-hydrogen) atoms. The zero-order valence-electron chi connectivity index (χ0n) is 15.5. The number of aryl methyl sites for hydroxylation is 1. The van der Waals surface area contributed by atoms with Crippen LogP contribution in [0.25, 0.3) is 10.9 Å². The lowest BCUT2D eigenvalue weighted by atomic mass is 10.1. The molecular weight excluding hydrogens is 374 g/mol. The molecule has 1 aromatic carbocycles. The van der Waals surface area contributed by atoms with Gasteiger partial charge < -0.3 is 5.32 Å². The quantitative estimate of drug-likeness (QED) is 0.650. The molecule has 4 rings (SSSR count). The molecule has 1 fully saturated rings. The van der Waals surface area contributed by atoms with E-state index in [0.717, 1.165) is 0 Å². The number of imide groups is 1. The van der Waals surface area contributed by atoms with Crippen molar-refractivity contribution in [1.82, 2.24) is 19.9 Å². The molecular formula is C20H17N5O4. The standard InChI is InChI=1S/C20H17N5O4/c1-11-22-12-6-4-7-13(23-18(27)14-5-2-3-10-21-14)17(12)20(29)25(11)15-8-9-16(26)24-19(15)28/h2-7,10,15H,8-9H2,1H3,(H,23,27)(H,24,26,28). The summed E-state index contributed by atoms with van der Waals surface area (Å²) >= 11 is 0. The third-order valence-corrected chi connectivity index (χ3v) is 4.77. The van der Waals surface area contributed by atoms with Gasteiger partial charge in [-0.1, -0.05) is 12.1 Å². The van der Waals surface area contributed by atoms with Crippen LogP contribution in [-0.4, -0.2) is 32.3 Å². The van der Waals surface area contributed by atoms with Crippen LogP contribution in [0.1, 0.15) is 35.2 Å². The van der Waals surface area contributed by atoms with E-state index in [1.54, 1.807) is 43.3 Å². The summed E-state index contributed by atoms with van der Waals surface area (Å²) in [4.78, 5) is 58.0. The van der Waals surface area contributed by atoms with Gasteiger partial charge in [-0.15, -0.1) is 0 Å². The summed E-state index contributed by atoms with van der Waals surface area (Å²) < 4.78 is 1.28. The summed E-state index contributed by atoms with van der Waals surface area (Å²) in [5.41, 5.74) is 0.417. The minimum atomic E-state index is -0.836. The van der Waals surface area contributed by atoms with Crippen molar-refractivity contribution in [3.05, 3.63) is 64.5 Å². The van der Waals surface area contributed by atoms with Gasteiger partial charge >= 0.3 is 0 Å². The molecule has 9 nitrogen and oxygen atoms in total. The Balaban J connectivity index is 1.81. The van der Waals surface area contributed by atoms with Crippen LogP contribution in [0.15, 0.2) is 47.4 Å². The number of aromatic nitrogens is 3. The summed E-state index contributed by atoms with van der Waals surface area (Å²) in [6, 6.07) is 9.04. The second kappa shape index (κ2) is 7.27. The maximum atomic E-state index is 13.3. The molecule has 1 saturated heterocycles. The second-order valence-corrected chi connectivity index (χ2v) is 6.67. The molecule has 9 heteroatoms. The number of carbonyl (C=O) groups is 3. The number of benzene rings is 1. The molecule has 2 N–H and O–H groups in total. The molecule has 0 aliphatic carbocycles. The number of carbonyl (C=O) groups excluding carboxylic acids is 3. The molecule has 146 valence electrons. The van der Waals surface area contributed by atoms with Crippen molar-refractivity contribution in [2.24, 2.45) is 0 Å². The number of hydrogen-bond acceptors (Lipinski definition) is 6. The first kappa shape index (κ1) is 18.5. The fourth-order valence-corrected chi connectivity index (χ4v) is 3.44. The maximum absolute atomic E-state index is 13.3.